The summed E-state index contributed by atoms with van der Waals surface area (Å²) in [5.74, 6) is 0.860. The molecule has 0 spiro atoms. The van der Waals surface area contributed by atoms with E-state index in [-0.39, 0.29) is 17.5 Å². The van der Waals surface area contributed by atoms with Gasteiger partial charge >= 0.3 is 0 Å². The van der Waals surface area contributed by atoms with Gasteiger partial charge in [-0.2, -0.15) is 0 Å². The fraction of sp³-hybridized carbons (Fsp3) is 0.435. The maximum Gasteiger partial charge on any atom is 0.253 e. The molecule has 4 rings (SSSR count). The van der Waals surface area contributed by atoms with Crippen LogP contribution in [0.4, 0.5) is 5.69 Å². The van der Waals surface area contributed by atoms with Gasteiger partial charge in [-0.1, -0.05) is 0 Å². The second kappa shape index (κ2) is 6.80. The van der Waals surface area contributed by atoms with E-state index < -0.39 is 5.41 Å². The van der Waals surface area contributed by atoms with Crippen molar-refractivity contribution >= 4 is 22.6 Å². The van der Waals surface area contributed by atoms with Crippen molar-refractivity contribution in [2.24, 2.45) is 7.05 Å². The Bertz CT molecular complexity index is 1210. The molecule has 0 aliphatic carbocycles. The smallest absolute Gasteiger partial charge is 0.253 e. The van der Waals surface area contributed by atoms with Crippen LogP contribution in [0.25, 0.3) is 22.4 Å². The molecule has 0 unspecified atom stereocenters. The van der Waals surface area contributed by atoms with E-state index in [1.54, 1.807) is 23.6 Å². The first-order chi connectivity index (χ1) is 14.1. The first-order valence-corrected chi connectivity index (χ1v) is 10.1. The van der Waals surface area contributed by atoms with Gasteiger partial charge in [0, 0.05) is 44.2 Å². The van der Waals surface area contributed by atoms with Crippen LogP contribution in [0.2, 0.25) is 0 Å². The highest BCUT2D eigenvalue weighted by atomic mass is 16.5. The molecule has 7 heteroatoms. The van der Waals surface area contributed by atoms with E-state index in [9.17, 15) is 9.59 Å². The number of pyridine rings is 1. The van der Waals surface area contributed by atoms with E-state index in [4.69, 9.17) is 9.72 Å². The fourth-order valence-corrected chi connectivity index (χ4v) is 4.52. The van der Waals surface area contributed by atoms with Crippen LogP contribution in [0.15, 0.2) is 29.2 Å². The number of carbonyl (C=O) groups excluding carboxylic acids is 1. The monoisotopic (exact) mass is 408 g/mol. The molecule has 1 atom stereocenters. The molecule has 0 radical (unpaired) electrons. The van der Waals surface area contributed by atoms with Crippen molar-refractivity contribution in [2.45, 2.75) is 39.2 Å². The van der Waals surface area contributed by atoms with Crippen molar-refractivity contribution in [1.82, 2.24) is 14.1 Å². The van der Waals surface area contributed by atoms with Gasteiger partial charge in [0.15, 0.2) is 0 Å². The van der Waals surface area contributed by atoms with E-state index in [0.29, 0.717) is 12.2 Å². The summed E-state index contributed by atoms with van der Waals surface area (Å²) in [5, 5.41) is 0. The molecule has 1 aliphatic rings. The van der Waals surface area contributed by atoms with E-state index in [1.165, 1.54) is 0 Å². The summed E-state index contributed by atoms with van der Waals surface area (Å²) < 4.78 is 9.16. The number of carbonyl (C=O) groups is 1. The highest BCUT2D eigenvalue weighted by molar-refractivity contribution is 6.09. The molecule has 3 heterocycles. The maximum absolute atomic E-state index is 12.7. The van der Waals surface area contributed by atoms with Gasteiger partial charge in [-0.25, -0.2) is 4.98 Å². The lowest BCUT2D eigenvalue weighted by Crippen LogP contribution is -2.33. The van der Waals surface area contributed by atoms with E-state index >= 15 is 0 Å². The van der Waals surface area contributed by atoms with Gasteiger partial charge in [-0.05, 0) is 51.5 Å². The number of likely N-dealkylation sites (N-methyl/N-ethyl adjacent to an activating group) is 1. The third kappa shape index (κ3) is 2.80. The third-order valence-corrected chi connectivity index (χ3v) is 6.15. The van der Waals surface area contributed by atoms with Gasteiger partial charge in [0.25, 0.3) is 5.56 Å². The molecule has 0 N–H and O–H groups in total. The molecule has 158 valence electrons. The minimum absolute atomic E-state index is 0.0148. The summed E-state index contributed by atoms with van der Waals surface area (Å²) in [6.45, 7) is 8.31. The first kappa shape index (κ1) is 20.3. The predicted octanol–water partition coefficient (Wildman–Crippen LogP) is 3.17. The number of aryl methyl sites for hydroxylation is 2. The molecule has 1 amide bonds. The van der Waals surface area contributed by atoms with Crippen LogP contribution < -0.4 is 10.5 Å². The van der Waals surface area contributed by atoms with Crippen molar-refractivity contribution < 1.29 is 9.53 Å². The van der Waals surface area contributed by atoms with Gasteiger partial charge in [0.1, 0.15) is 5.82 Å². The number of amides is 1. The Kier molecular flexibility index (Phi) is 4.62. The lowest BCUT2D eigenvalue weighted by Gasteiger charge is -2.18. The number of imidazole rings is 1. The Morgan fingerprint density at radius 2 is 1.87 bits per heavy atom. The number of aromatic nitrogens is 3. The van der Waals surface area contributed by atoms with Crippen LogP contribution in [-0.4, -0.2) is 40.8 Å². The SMILES string of the molecule is COC[C@H](C)n1c(-c2cc(C)c(=O)n(C)c2)nc2cc3c(cc21)N(C)C(=O)C3(C)C. The van der Waals surface area contributed by atoms with Gasteiger partial charge in [0.2, 0.25) is 5.91 Å². The Balaban J connectivity index is 2.04. The van der Waals surface area contributed by atoms with Gasteiger partial charge in [0.05, 0.1) is 29.1 Å². The van der Waals surface area contributed by atoms with Crippen LogP contribution in [0.5, 0.6) is 0 Å². The number of ether oxygens (including phenoxy) is 1. The number of fused-ring (bicyclic) bond motifs is 2. The minimum Gasteiger partial charge on any atom is -0.383 e. The van der Waals surface area contributed by atoms with E-state index in [0.717, 1.165) is 33.7 Å². The standard InChI is InChI=1S/C23H28N4O3/c1-13-8-15(11-25(5)21(13)28)20-24-17-9-16-18(26(6)22(29)23(16,3)4)10-19(17)27(20)14(2)12-30-7/h8-11,14H,12H2,1-7H3/t14-/m0/s1. The zero-order chi connectivity index (χ0) is 22.0. The van der Waals surface area contributed by atoms with Gasteiger partial charge < -0.3 is 18.8 Å². The second-order valence-electron chi connectivity index (χ2n) is 8.78. The number of nitrogens with zero attached hydrogens (tertiary/aromatic N) is 4. The molecule has 0 bridgehead atoms. The van der Waals surface area contributed by atoms with Crippen molar-refractivity contribution in [3.05, 3.63) is 45.9 Å². The average molecular weight is 409 g/mol. The Labute approximate surface area is 175 Å². The highest BCUT2D eigenvalue weighted by Crippen LogP contribution is 2.43. The summed E-state index contributed by atoms with van der Waals surface area (Å²) in [6.07, 6.45) is 1.82. The van der Waals surface area contributed by atoms with Crippen molar-refractivity contribution in [3.8, 4) is 11.4 Å². The molecule has 7 nitrogen and oxygen atoms in total. The zero-order valence-electron chi connectivity index (χ0n) is 18.6. The molecule has 1 aromatic carbocycles. The molecule has 30 heavy (non-hydrogen) atoms. The number of hydrogen-bond acceptors (Lipinski definition) is 4. The number of benzene rings is 1. The lowest BCUT2D eigenvalue weighted by molar-refractivity contribution is -0.121. The van der Waals surface area contributed by atoms with Gasteiger partial charge in [-0.15, -0.1) is 0 Å². The summed E-state index contributed by atoms with van der Waals surface area (Å²) in [7, 11) is 5.25. The molecule has 0 fully saturated rings. The third-order valence-electron chi connectivity index (χ3n) is 6.15. The van der Waals surface area contributed by atoms with Crippen LogP contribution in [0.3, 0.4) is 0 Å². The van der Waals surface area contributed by atoms with Crippen molar-refractivity contribution in [2.75, 3.05) is 25.7 Å². The van der Waals surface area contributed by atoms with Crippen molar-refractivity contribution in [1.29, 1.82) is 0 Å². The molecular formula is C23H28N4O3. The molecule has 0 saturated heterocycles. The summed E-state index contributed by atoms with van der Waals surface area (Å²) >= 11 is 0. The second-order valence-corrected chi connectivity index (χ2v) is 8.78. The summed E-state index contributed by atoms with van der Waals surface area (Å²) in [6, 6.07) is 5.98. The number of anilines is 1. The fourth-order valence-electron chi connectivity index (χ4n) is 4.52. The van der Waals surface area contributed by atoms with Crippen LogP contribution in [-0.2, 0) is 22.0 Å². The topological polar surface area (TPSA) is 69.4 Å². The normalized spacial score (nSPS) is 16.4. The van der Waals surface area contributed by atoms with Gasteiger partial charge in [-0.3, -0.25) is 9.59 Å². The molecule has 3 aromatic rings. The largest absolute Gasteiger partial charge is 0.383 e. The molecule has 0 saturated carbocycles. The summed E-state index contributed by atoms with van der Waals surface area (Å²) in [5.41, 5.74) is 4.59. The number of rotatable bonds is 4. The van der Waals surface area contributed by atoms with Crippen LogP contribution in [0, 0.1) is 6.92 Å². The summed E-state index contributed by atoms with van der Waals surface area (Å²) in [4.78, 5) is 31.6. The molecule has 1 aliphatic heterocycles. The van der Waals surface area contributed by atoms with E-state index in [2.05, 4.69) is 17.6 Å². The number of hydrogen-bond donors (Lipinski definition) is 0. The number of methoxy groups -OCH3 is 1. The highest BCUT2D eigenvalue weighted by Gasteiger charge is 2.42. The minimum atomic E-state index is -0.590. The van der Waals surface area contributed by atoms with E-state index in [1.807, 2.05) is 46.1 Å². The Morgan fingerprint density at radius 3 is 2.50 bits per heavy atom. The lowest BCUT2D eigenvalue weighted by atomic mass is 9.86. The Hall–Kier alpha value is -2.93. The maximum atomic E-state index is 12.7. The zero-order valence-corrected chi connectivity index (χ0v) is 18.6. The van der Waals surface area contributed by atoms with Crippen LogP contribution in [0.1, 0.15) is 37.9 Å². The van der Waals surface area contributed by atoms with Crippen molar-refractivity contribution in [3.63, 3.8) is 0 Å². The average Bonchev–Trinajstić information content (AvgIpc) is 3.14. The molecule has 2 aromatic heterocycles. The molecular weight excluding hydrogens is 380 g/mol. The predicted molar refractivity (Wildman–Crippen MR) is 118 cm³/mol. The first-order valence-electron chi connectivity index (χ1n) is 10.1. The van der Waals surface area contributed by atoms with Crippen LogP contribution >= 0.6 is 0 Å². The quantitative estimate of drug-likeness (QED) is 0.665. The Morgan fingerprint density at radius 1 is 1.17 bits per heavy atom.